The van der Waals surface area contributed by atoms with Crippen molar-refractivity contribution in [3.63, 3.8) is 0 Å². The van der Waals surface area contributed by atoms with Gasteiger partial charge in [-0.3, -0.25) is 9.59 Å². The van der Waals surface area contributed by atoms with Crippen LogP contribution in [-0.2, 0) is 26.7 Å². The van der Waals surface area contributed by atoms with E-state index in [2.05, 4.69) is 4.72 Å². The number of carboxylic acid groups (broad SMARTS) is 1. The molecule has 202 valence electrons. The molecule has 10 heteroatoms. The average molecular weight is 542 g/mol. The molecule has 1 amide bonds. The molecule has 1 saturated carbocycles. The van der Waals surface area contributed by atoms with Gasteiger partial charge in [-0.05, 0) is 86.6 Å². The highest BCUT2D eigenvalue weighted by atomic mass is 32.2. The van der Waals surface area contributed by atoms with E-state index in [4.69, 9.17) is 0 Å². The number of aromatic nitrogens is 1. The highest BCUT2D eigenvalue weighted by molar-refractivity contribution is 7.89. The van der Waals surface area contributed by atoms with E-state index in [-0.39, 0.29) is 35.1 Å². The van der Waals surface area contributed by atoms with Gasteiger partial charge >= 0.3 is 5.97 Å². The largest absolute Gasteiger partial charge is 0.481 e. The predicted molar refractivity (Wildman–Crippen MR) is 141 cm³/mol. The van der Waals surface area contributed by atoms with Crippen molar-refractivity contribution in [2.75, 3.05) is 13.1 Å². The van der Waals surface area contributed by atoms with Crippen molar-refractivity contribution in [3.8, 4) is 11.3 Å². The molecule has 3 aromatic rings. The van der Waals surface area contributed by atoms with Crippen molar-refractivity contribution in [1.29, 1.82) is 0 Å². The maximum Gasteiger partial charge on any atom is 0.308 e. The molecule has 1 aromatic heterocycles. The van der Waals surface area contributed by atoms with Gasteiger partial charge in [-0.1, -0.05) is 6.07 Å². The molecular formula is C28H32FN3O5S. The van der Waals surface area contributed by atoms with Crippen molar-refractivity contribution >= 4 is 32.8 Å². The van der Waals surface area contributed by atoms with Gasteiger partial charge in [-0.25, -0.2) is 17.5 Å². The number of halogens is 1. The summed E-state index contributed by atoms with van der Waals surface area (Å²) in [6.07, 6.45) is 3.51. The number of aryl methyl sites for hydroxylation is 1. The fourth-order valence-electron chi connectivity index (χ4n) is 5.76. The third-order valence-electron chi connectivity index (χ3n) is 7.95. The van der Waals surface area contributed by atoms with E-state index < -0.39 is 21.9 Å². The Labute approximate surface area is 221 Å². The Balaban J connectivity index is 1.24. The Bertz CT molecular complexity index is 1460. The number of likely N-dealkylation sites (tertiary alicyclic amines) is 1. The second-order valence-corrected chi connectivity index (χ2v) is 12.2. The van der Waals surface area contributed by atoms with Crippen LogP contribution in [0.4, 0.5) is 4.39 Å². The number of carbonyl (C=O) groups is 2. The lowest BCUT2D eigenvalue weighted by molar-refractivity contribution is -0.147. The summed E-state index contributed by atoms with van der Waals surface area (Å²) < 4.78 is 44.5. The number of piperidine rings is 1. The van der Waals surface area contributed by atoms with Gasteiger partial charge in [0.05, 0.1) is 10.8 Å². The van der Waals surface area contributed by atoms with Crippen molar-refractivity contribution in [2.45, 2.75) is 49.5 Å². The van der Waals surface area contributed by atoms with Gasteiger partial charge in [-0.2, -0.15) is 0 Å². The first-order valence-corrected chi connectivity index (χ1v) is 14.5. The fraction of sp³-hybridized carbons (Fsp3) is 0.429. The standard InChI is InChI=1S/C28H32FN3O5S/c1-31-25(18-4-9-22(29)10-5-18)15-20-8-13-24(16-26(20)31)38(36,37)30-23-11-6-19(7-12-23)27(33)32-14-2-3-21(17-32)28(34)35/h4-5,8-10,13,15-16,19,21,23,30H,2-3,6-7,11-12,14,17H2,1H3,(H,34,35). The van der Waals surface area contributed by atoms with Crippen molar-refractivity contribution < 1.29 is 27.5 Å². The van der Waals surface area contributed by atoms with Gasteiger partial charge in [0, 0.05) is 48.7 Å². The summed E-state index contributed by atoms with van der Waals surface area (Å²) in [4.78, 5) is 26.2. The zero-order valence-corrected chi connectivity index (χ0v) is 22.1. The number of benzene rings is 2. The molecule has 2 aliphatic rings. The minimum Gasteiger partial charge on any atom is -0.481 e. The number of hydrogen-bond donors (Lipinski definition) is 2. The van der Waals surface area contributed by atoms with Gasteiger partial charge < -0.3 is 14.6 Å². The smallest absolute Gasteiger partial charge is 0.308 e. The summed E-state index contributed by atoms with van der Waals surface area (Å²) >= 11 is 0. The van der Waals surface area contributed by atoms with E-state index in [1.54, 1.807) is 35.2 Å². The first-order valence-electron chi connectivity index (χ1n) is 13.0. The molecule has 38 heavy (non-hydrogen) atoms. The number of carbonyl (C=O) groups excluding carboxylic acids is 1. The van der Waals surface area contributed by atoms with Crippen LogP contribution in [0, 0.1) is 17.7 Å². The average Bonchev–Trinajstić information content (AvgIpc) is 3.24. The lowest BCUT2D eigenvalue weighted by Gasteiger charge is -2.35. The summed E-state index contributed by atoms with van der Waals surface area (Å²) in [5.41, 5.74) is 2.44. The van der Waals surface area contributed by atoms with Gasteiger partial charge in [0.1, 0.15) is 5.82 Å². The van der Waals surface area contributed by atoms with Crippen LogP contribution in [0.25, 0.3) is 22.2 Å². The van der Waals surface area contributed by atoms with Crippen LogP contribution in [0.2, 0.25) is 0 Å². The fourth-order valence-corrected chi connectivity index (χ4v) is 7.08. The second-order valence-electron chi connectivity index (χ2n) is 10.4. The Morgan fingerprint density at radius 2 is 1.68 bits per heavy atom. The monoisotopic (exact) mass is 541 g/mol. The minimum atomic E-state index is -3.78. The van der Waals surface area contributed by atoms with Crippen molar-refractivity contribution in [1.82, 2.24) is 14.2 Å². The van der Waals surface area contributed by atoms with Crippen LogP contribution in [0.3, 0.4) is 0 Å². The third kappa shape index (κ3) is 5.33. The number of rotatable bonds is 6. The van der Waals surface area contributed by atoms with Crippen LogP contribution < -0.4 is 4.72 Å². The number of nitrogens with zero attached hydrogens (tertiary/aromatic N) is 2. The van der Waals surface area contributed by atoms with Crippen LogP contribution in [0.15, 0.2) is 53.4 Å². The Morgan fingerprint density at radius 3 is 2.37 bits per heavy atom. The summed E-state index contributed by atoms with van der Waals surface area (Å²) in [5, 5.41) is 10.2. The molecule has 2 heterocycles. The molecule has 8 nitrogen and oxygen atoms in total. The summed E-state index contributed by atoms with van der Waals surface area (Å²) in [6, 6.07) is 12.9. The van der Waals surface area contributed by atoms with Crippen molar-refractivity contribution in [2.24, 2.45) is 18.9 Å². The maximum atomic E-state index is 13.4. The van der Waals surface area contributed by atoms with E-state index in [0.29, 0.717) is 45.1 Å². The van der Waals surface area contributed by atoms with Crippen molar-refractivity contribution in [3.05, 3.63) is 54.3 Å². The van der Waals surface area contributed by atoms with E-state index in [1.807, 2.05) is 17.7 Å². The first kappa shape index (κ1) is 26.4. The molecule has 2 N–H and O–H groups in total. The number of aliphatic carboxylic acids is 1. The summed E-state index contributed by atoms with van der Waals surface area (Å²) in [6.45, 7) is 0.838. The Kier molecular flexibility index (Phi) is 7.28. The number of carboxylic acids is 1. The highest BCUT2D eigenvalue weighted by Gasteiger charge is 2.34. The van der Waals surface area contributed by atoms with Gasteiger partial charge in [0.15, 0.2) is 0 Å². The zero-order chi connectivity index (χ0) is 27.0. The molecule has 0 bridgehead atoms. The molecule has 1 saturated heterocycles. The number of nitrogens with one attached hydrogen (secondary N) is 1. The SMILES string of the molecule is Cn1c(-c2ccc(F)cc2)cc2ccc(S(=O)(=O)NC3CCC(C(=O)N4CCCC(C(=O)O)C4)CC3)cc21. The third-order valence-corrected chi connectivity index (χ3v) is 9.47. The molecule has 0 spiro atoms. The minimum absolute atomic E-state index is 0.0108. The van der Waals surface area contributed by atoms with Gasteiger partial charge in [-0.15, -0.1) is 0 Å². The van der Waals surface area contributed by atoms with Crippen LogP contribution >= 0.6 is 0 Å². The lowest BCUT2D eigenvalue weighted by atomic mass is 9.85. The maximum absolute atomic E-state index is 13.4. The van der Waals surface area contributed by atoms with Crippen LogP contribution in [0.5, 0.6) is 0 Å². The number of fused-ring (bicyclic) bond motifs is 1. The van der Waals surface area contributed by atoms with Gasteiger partial charge in [0.2, 0.25) is 15.9 Å². The molecule has 1 atom stereocenters. The molecule has 2 fully saturated rings. The highest BCUT2D eigenvalue weighted by Crippen LogP contribution is 2.31. The van der Waals surface area contributed by atoms with E-state index in [9.17, 15) is 27.5 Å². The van der Waals surface area contributed by atoms with Crippen LogP contribution in [-0.4, -0.2) is 54.0 Å². The van der Waals surface area contributed by atoms with E-state index in [0.717, 1.165) is 22.2 Å². The second kappa shape index (κ2) is 10.5. The van der Waals surface area contributed by atoms with Gasteiger partial charge in [0.25, 0.3) is 0 Å². The van der Waals surface area contributed by atoms with E-state index >= 15 is 0 Å². The normalized spacial score (nSPS) is 22.5. The number of hydrogen-bond acceptors (Lipinski definition) is 4. The van der Waals surface area contributed by atoms with E-state index in [1.165, 1.54) is 12.1 Å². The molecule has 2 aromatic carbocycles. The molecule has 5 rings (SSSR count). The Hall–Kier alpha value is -3.24. The molecule has 1 aliphatic heterocycles. The molecular weight excluding hydrogens is 509 g/mol. The predicted octanol–water partition coefficient (Wildman–Crippen LogP) is 4.14. The first-order chi connectivity index (χ1) is 18.1. The topological polar surface area (TPSA) is 109 Å². The molecule has 0 radical (unpaired) electrons. The summed E-state index contributed by atoms with van der Waals surface area (Å²) in [7, 11) is -1.93. The molecule has 1 aliphatic carbocycles. The molecule has 1 unspecified atom stereocenters. The summed E-state index contributed by atoms with van der Waals surface area (Å²) in [5.74, 6) is -1.90. The number of amides is 1. The number of sulfonamides is 1. The zero-order valence-electron chi connectivity index (χ0n) is 21.3. The quantitative estimate of drug-likeness (QED) is 0.488. The Morgan fingerprint density at radius 1 is 0.974 bits per heavy atom. The lowest BCUT2D eigenvalue weighted by Crippen LogP contribution is -2.46. The van der Waals surface area contributed by atoms with Crippen LogP contribution in [0.1, 0.15) is 38.5 Å².